The van der Waals surface area contributed by atoms with E-state index in [1.807, 2.05) is 25.1 Å². The van der Waals surface area contributed by atoms with Crippen molar-refractivity contribution in [1.82, 2.24) is 0 Å². The Labute approximate surface area is 191 Å². The number of carbonyl (C=O) groups is 1. The lowest BCUT2D eigenvalue weighted by molar-refractivity contribution is -0.118. The summed E-state index contributed by atoms with van der Waals surface area (Å²) in [6.45, 7) is 3.25. The van der Waals surface area contributed by atoms with Gasteiger partial charge in [0, 0.05) is 16.3 Å². The summed E-state index contributed by atoms with van der Waals surface area (Å²) >= 11 is 6.11. The van der Waals surface area contributed by atoms with Gasteiger partial charge in [-0.25, -0.2) is 13.6 Å². The van der Waals surface area contributed by atoms with E-state index >= 15 is 0 Å². The van der Waals surface area contributed by atoms with Gasteiger partial charge in [0.1, 0.15) is 11.9 Å². The maximum atomic E-state index is 12.4. The van der Waals surface area contributed by atoms with E-state index in [1.54, 1.807) is 31.2 Å². The zero-order valence-electron chi connectivity index (χ0n) is 17.5. The summed E-state index contributed by atoms with van der Waals surface area (Å²) in [7, 11) is -3.83. The predicted molar refractivity (Wildman–Crippen MR) is 123 cm³/mol. The summed E-state index contributed by atoms with van der Waals surface area (Å²) in [6.07, 6.45) is -0.986. The maximum Gasteiger partial charge on any atom is 0.262 e. The van der Waals surface area contributed by atoms with Crippen LogP contribution in [0.1, 0.15) is 28.4 Å². The first-order chi connectivity index (χ1) is 15.0. The van der Waals surface area contributed by atoms with Crippen molar-refractivity contribution >= 4 is 33.2 Å². The molecule has 7 nitrogen and oxygen atoms in total. The standard InChI is InChI=1S/C23H23ClN2O5S/c1-14-4-3-5-16(10-14)23(28)19-12-17(24)6-9-21(19)31-13-22(27)26-20-8-7-18(11-15(20)2)32(25,29)30/h3-12,23,28H,13H2,1-2H3,(H,26,27)(H2,25,29,30). The molecule has 1 amide bonds. The largest absolute Gasteiger partial charge is 0.483 e. The summed E-state index contributed by atoms with van der Waals surface area (Å²) in [5, 5.41) is 19.1. The number of carbonyl (C=O) groups excluding carboxylic acids is 1. The smallest absolute Gasteiger partial charge is 0.262 e. The first-order valence-electron chi connectivity index (χ1n) is 9.65. The molecule has 3 aromatic rings. The van der Waals surface area contributed by atoms with Crippen LogP contribution in [0.2, 0.25) is 5.02 Å². The number of nitrogens with two attached hydrogens (primary N) is 1. The van der Waals surface area contributed by atoms with Crippen LogP contribution in [0.25, 0.3) is 0 Å². The number of hydrogen-bond acceptors (Lipinski definition) is 5. The lowest BCUT2D eigenvalue weighted by Crippen LogP contribution is -2.21. The van der Waals surface area contributed by atoms with Crippen molar-refractivity contribution in [3.8, 4) is 5.75 Å². The van der Waals surface area contributed by atoms with Crippen LogP contribution in [0.5, 0.6) is 5.75 Å². The minimum absolute atomic E-state index is 0.0415. The molecule has 0 heterocycles. The number of rotatable bonds is 7. The van der Waals surface area contributed by atoms with E-state index in [1.165, 1.54) is 18.2 Å². The van der Waals surface area contributed by atoms with E-state index in [9.17, 15) is 18.3 Å². The molecule has 0 aromatic heterocycles. The highest BCUT2D eigenvalue weighted by molar-refractivity contribution is 7.89. The van der Waals surface area contributed by atoms with Crippen LogP contribution in [-0.2, 0) is 14.8 Å². The molecule has 3 aromatic carbocycles. The van der Waals surface area contributed by atoms with Gasteiger partial charge < -0.3 is 15.2 Å². The Morgan fingerprint density at radius 2 is 1.88 bits per heavy atom. The van der Waals surface area contributed by atoms with Crippen molar-refractivity contribution in [1.29, 1.82) is 0 Å². The van der Waals surface area contributed by atoms with E-state index in [-0.39, 0.29) is 11.5 Å². The van der Waals surface area contributed by atoms with Gasteiger partial charge >= 0.3 is 0 Å². The average molecular weight is 475 g/mol. The molecular weight excluding hydrogens is 452 g/mol. The highest BCUT2D eigenvalue weighted by Crippen LogP contribution is 2.33. The molecule has 168 valence electrons. The third-order valence-corrected chi connectivity index (χ3v) is 5.93. The number of amides is 1. The number of primary sulfonamides is 1. The number of hydrogen-bond donors (Lipinski definition) is 3. The van der Waals surface area contributed by atoms with Gasteiger partial charge in [-0.05, 0) is 61.4 Å². The average Bonchev–Trinajstić information content (AvgIpc) is 2.73. The van der Waals surface area contributed by atoms with Crippen molar-refractivity contribution in [2.24, 2.45) is 5.14 Å². The molecule has 0 aliphatic heterocycles. The molecule has 0 radical (unpaired) electrons. The first kappa shape index (κ1) is 23.7. The van der Waals surface area contributed by atoms with Crippen LogP contribution >= 0.6 is 11.6 Å². The Morgan fingerprint density at radius 1 is 1.12 bits per heavy atom. The molecule has 0 aliphatic carbocycles. The van der Waals surface area contributed by atoms with Gasteiger partial charge in [-0.15, -0.1) is 0 Å². The number of anilines is 1. The summed E-state index contributed by atoms with van der Waals surface area (Å²) in [6, 6.07) is 16.4. The molecule has 0 saturated heterocycles. The second-order valence-electron chi connectivity index (χ2n) is 7.36. The van der Waals surface area contributed by atoms with Crippen molar-refractivity contribution in [3.63, 3.8) is 0 Å². The van der Waals surface area contributed by atoms with Crippen molar-refractivity contribution in [3.05, 3.63) is 87.9 Å². The van der Waals surface area contributed by atoms with Crippen LogP contribution in [0, 0.1) is 13.8 Å². The van der Waals surface area contributed by atoms with Crippen LogP contribution in [-0.4, -0.2) is 26.0 Å². The van der Waals surface area contributed by atoms with E-state index in [2.05, 4.69) is 5.32 Å². The first-order valence-corrected chi connectivity index (χ1v) is 11.6. The van der Waals surface area contributed by atoms with E-state index in [0.29, 0.717) is 33.1 Å². The third-order valence-electron chi connectivity index (χ3n) is 4.78. The van der Waals surface area contributed by atoms with Gasteiger partial charge in [0.05, 0.1) is 4.90 Å². The molecule has 32 heavy (non-hydrogen) atoms. The second-order valence-corrected chi connectivity index (χ2v) is 9.36. The minimum Gasteiger partial charge on any atom is -0.483 e. The van der Waals surface area contributed by atoms with Crippen LogP contribution < -0.4 is 15.2 Å². The number of halogens is 1. The summed E-state index contributed by atoms with van der Waals surface area (Å²) < 4.78 is 28.6. The van der Waals surface area contributed by atoms with Gasteiger partial charge in [0.2, 0.25) is 10.0 Å². The number of benzene rings is 3. The SMILES string of the molecule is Cc1cccc(C(O)c2cc(Cl)ccc2OCC(=O)Nc2ccc(S(N)(=O)=O)cc2C)c1. The minimum atomic E-state index is -3.83. The van der Waals surface area contributed by atoms with Crippen molar-refractivity contribution in [2.45, 2.75) is 24.8 Å². The molecular formula is C23H23ClN2O5S. The molecule has 9 heteroatoms. The van der Waals surface area contributed by atoms with Crippen molar-refractivity contribution < 1.29 is 23.1 Å². The normalized spacial score (nSPS) is 12.3. The lowest BCUT2D eigenvalue weighted by atomic mass is 9.99. The summed E-state index contributed by atoms with van der Waals surface area (Å²) in [5.41, 5.74) is 3.07. The molecule has 0 bridgehead atoms. The monoisotopic (exact) mass is 474 g/mol. The second kappa shape index (κ2) is 9.70. The fourth-order valence-electron chi connectivity index (χ4n) is 3.17. The zero-order chi connectivity index (χ0) is 23.5. The predicted octanol–water partition coefficient (Wildman–Crippen LogP) is 3.70. The Kier molecular flexibility index (Phi) is 7.20. The summed E-state index contributed by atoms with van der Waals surface area (Å²) in [4.78, 5) is 12.4. The highest BCUT2D eigenvalue weighted by Gasteiger charge is 2.18. The molecule has 3 rings (SSSR count). The fourth-order valence-corrected chi connectivity index (χ4v) is 3.95. The molecule has 1 atom stereocenters. The van der Waals surface area contributed by atoms with Gasteiger partial charge in [0.25, 0.3) is 5.91 Å². The van der Waals surface area contributed by atoms with E-state index in [0.717, 1.165) is 5.56 Å². The molecule has 0 spiro atoms. The van der Waals surface area contributed by atoms with Gasteiger partial charge in [-0.2, -0.15) is 0 Å². The zero-order valence-corrected chi connectivity index (χ0v) is 19.1. The topological polar surface area (TPSA) is 119 Å². The Hall–Kier alpha value is -2.91. The Morgan fingerprint density at radius 3 is 2.53 bits per heavy atom. The van der Waals surface area contributed by atoms with E-state index in [4.69, 9.17) is 21.5 Å². The Bertz CT molecular complexity index is 1260. The number of nitrogens with one attached hydrogen (secondary N) is 1. The Balaban J connectivity index is 1.74. The molecule has 1 unspecified atom stereocenters. The van der Waals surface area contributed by atoms with Crippen LogP contribution in [0.3, 0.4) is 0 Å². The molecule has 4 N–H and O–H groups in total. The highest BCUT2D eigenvalue weighted by atomic mass is 35.5. The van der Waals surface area contributed by atoms with E-state index < -0.39 is 22.0 Å². The van der Waals surface area contributed by atoms with Crippen molar-refractivity contribution in [2.75, 3.05) is 11.9 Å². The van der Waals surface area contributed by atoms with Gasteiger partial charge in [0.15, 0.2) is 6.61 Å². The number of aryl methyl sites for hydroxylation is 2. The lowest BCUT2D eigenvalue weighted by Gasteiger charge is -2.17. The maximum absolute atomic E-state index is 12.4. The van der Waals surface area contributed by atoms with Gasteiger partial charge in [-0.3, -0.25) is 4.79 Å². The number of aliphatic hydroxyl groups is 1. The molecule has 0 fully saturated rings. The van der Waals surface area contributed by atoms with Crippen LogP contribution in [0.4, 0.5) is 5.69 Å². The molecule has 0 saturated carbocycles. The number of sulfonamides is 1. The number of ether oxygens (including phenoxy) is 1. The summed E-state index contributed by atoms with van der Waals surface area (Å²) in [5.74, 6) is -0.137. The number of aliphatic hydroxyl groups excluding tert-OH is 1. The van der Waals surface area contributed by atoms with Crippen LogP contribution in [0.15, 0.2) is 65.6 Å². The third kappa shape index (κ3) is 5.86. The fraction of sp³-hybridized carbons (Fsp3) is 0.174. The quantitative estimate of drug-likeness (QED) is 0.482. The molecule has 0 aliphatic rings. The van der Waals surface area contributed by atoms with Gasteiger partial charge in [-0.1, -0.05) is 41.4 Å².